The third kappa shape index (κ3) is 5.41. The fourth-order valence-electron chi connectivity index (χ4n) is 3.10. The minimum Gasteiger partial charge on any atom is -0.378 e. The zero-order valence-corrected chi connectivity index (χ0v) is 17.5. The molecular formula is C21H22N6O3S. The van der Waals surface area contributed by atoms with Crippen molar-refractivity contribution in [3.63, 3.8) is 0 Å². The summed E-state index contributed by atoms with van der Waals surface area (Å²) in [6, 6.07) is 18.1. The quantitative estimate of drug-likeness (QED) is 0.570. The molecule has 9 nitrogen and oxygen atoms in total. The first kappa shape index (κ1) is 20.9. The van der Waals surface area contributed by atoms with Crippen molar-refractivity contribution in [2.24, 2.45) is 0 Å². The van der Waals surface area contributed by atoms with E-state index in [1.165, 1.54) is 11.8 Å². The number of urea groups is 1. The predicted octanol–water partition coefficient (Wildman–Crippen LogP) is 2.54. The number of hydrogen-bond donors (Lipinski definition) is 2. The lowest BCUT2D eigenvalue weighted by Gasteiger charge is -2.27. The first-order valence-corrected chi connectivity index (χ1v) is 10.8. The van der Waals surface area contributed by atoms with E-state index in [1.807, 2.05) is 41.0 Å². The molecule has 1 aliphatic rings. The molecule has 31 heavy (non-hydrogen) atoms. The van der Waals surface area contributed by atoms with Gasteiger partial charge in [0.05, 0.1) is 24.7 Å². The zero-order chi connectivity index (χ0) is 21.5. The molecule has 2 heterocycles. The highest BCUT2D eigenvalue weighted by atomic mass is 32.2. The van der Waals surface area contributed by atoms with E-state index in [-0.39, 0.29) is 5.75 Å². The summed E-state index contributed by atoms with van der Waals surface area (Å²) < 4.78 is 7.36. The number of benzene rings is 2. The molecule has 0 atom stereocenters. The topological polar surface area (TPSA) is 101 Å². The normalized spacial score (nSPS) is 13.6. The van der Waals surface area contributed by atoms with Crippen molar-refractivity contribution in [3.8, 4) is 5.69 Å². The Morgan fingerprint density at radius 1 is 0.968 bits per heavy atom. The monoisotopic (exact) mass is 438 g/mol. The Balaban J connectivity index is 1.43. The lowest BCUT2D eigenvalue weighted by Crippen LogP contribution is -2.38. The number of para-hydroxylation sites is 2. The Labute approximate surface area is 183 Å². The maximum Gasteiger partial charge on any atom is 0.325 e. The summed E-state index contributed by atoms with van der Waals surface area (Å²) in [6.45, 7) is 2.69. The Morgan fingerprint density at radius 2 is 1.65 bits per heavy atom. The van der Waals surface area contributed by atoms with E-state index in [1.54, 1.807) is 24.3 Å². The molecule has 0 spiro atoms. The van der Waals surface area contributed by atoms with Crippen LogP contribution in [0.2, 0.25) is 0 Å². The second kappa shape index (κ2) is 10.1. The number of nitrogens with one attached hydrogen (secondary N) is 2. The zero-order valence-electron chi connectivity index (χ0n) is 16.7. The molecule has 160 valence electrons. The number of carbonyl (C=O) groups excluding carboxylic acids is 2. The molecule has 4 rings (SSSR count). The van der Waals surface area contributed by atoms with Crippen LogP contribution in [0.15, 0.2) is 65.8 Å². The number of morpholine rings is 1. The van der Waals surface area contributed by atoms with Crippen LogP contribution in [0.3, 0.4) is 0 Å². The number of carbonyl (C=O) groups is 2. The molecule has 0 unspecified atom stereocenters. The third-order valence-electron chi connectivity index (χ3n) is 4.54. The average Bonchev–Trinajstić information content (AvgIpc) is 3.23. The van der Waals surface area contributed by atoms with Crippen LogP contribution in [0.25, 0.3) is 5.69 Å². The van der Waals surface area contributed by atoms with Crippen molar-refractivity contribution in [1.29, 1.82) is 0 Å². The summed E-state index contributed by atoms with van der Waals surface area (Å²) in [4.78, 5) is 26.4. The van der Waals surface area contributed by atoms with Crippen LogP contribution in [0.5, 0.6) is 0 Å². The number of amides is 3. The third-order valence-corrected chi connectivity index (χ3v) is 5.47. The molecule has 10 heteroatoms. The second-order valence-electron chi connectivity index (χ2n) is 6.71. The van der Waals surface area contributed by atoms with Crippen molar-refractivity contribution in [2.45, 2.75) is 5.16 Å². The van der Waals surface area contributed by atoms with Crippen molar-refractivity contribution in [2.75, 3.05) is 42.3 Å². The highest BCUT2D eigenvalue weighted by molar-refractivity contribution is 7.99. The molecule has 3 aromatic rings. The minimum absolute atomic E-state index is 0.0241. The van der Waals surface area contributed by atoms with Gasteiger partial charge in [-0.05, 0) is 24.3 Å². The van der Waals surface area contributed by atoms with Gasteiger partial charge in [0.1, 0.15) is 0 Å². The first-order chi connectivity index (χ1) is 15.2. The lowest BCUT2D eigenvalue weighted by molar-refractivity contribution is -0.117. The van der Waals surface area contributed by atoms with Gasteiger partial charge in [0.2, 0.25) is 11.9 Å². The van der Waals surface area contributed by atoms with Gasteiger partial charge >= 0.3 is 6.03 Å². The van der Waals surface area contributed by atoms with Gasteiger partial charge in [-0.1, -0.05) is 48.2 Å². The summed E-state index contributed by atoms with van der Waals surface area (Å²) in [5, 5.41) is 14.2. The first-order valence-electron chi connectivity index (χ1n) is 9.83. The molecule has 0 radical (unpaired) electrons. The van der Waals surface area contributed by atoms with Crippen LogP contribution < -0.4 is 15.5 Å². The van der Waals surface area contributed by atoms with Crippen molar-refractivity contribution in [1.82, 2.24) is 20.1 Å². The maximum atomic E-state index is 12.3. The van der Waals surface area contributed by atoms with Crippen molar-refractivity contribution in [3.05, 3.63) is 60.7 Å². The summed E-state index contributed by atoms with van der Waals surface area (Å²) in [7, 11) is 0. The van der Waals surface area contributed by atoms with Gasteiger partial charge in [0, 0.05) is 18.8 Å². The number of anilines is 2. The van der Waals surface area contributed by atoms with Gasteiger partial charge in [-0.2, -0.15) is 0 Å². The molecule has 1 fully saturated rings. The molecule has 1 aliphatic heterocycles. The SMILES string of the molecule is O=C(CSc1nnc(N2CCOCC2)n1-c1ccccc1)NC(=O)Nc1ccccc1. The maximum absolute atomic E-state index is 12.3. The van der Waals surface area contributed by atoms with E-state index in [2.05, 4.69) is 25.7 Å². The van der Waals surface area contributed by atoms with Gasteiger partial charge in [0.25, 0.3) is 0 Å². The summed E-state index contributed by atoms with van der Waals surface area (Å²) in [5.41, 5.74) is 1.51. The van der Waals surface area contributed by atoms with Gasteiger partial charge < -0.3 is 15.0 Å². The highest BCUT2D eigenvalue weighted by Gasteiger charge is 2.22. The Kier molecular flexibility index (Phi) is 6.80. The molecule has 1 saturated heterocycles. The van der Waals surface area contributed by atoms with Crippen LogP contribution in [0, 0.1) is 0 Å². The van der Waals surface area contributed by atoms with Crippen LogP contribution in [0.1, 0.15) is 0 Å². The molecule has 0 aliphatic carbocycles. The number of ether oxygens (including phenoxy) is 1. The average molecular weight is 439 g/mol. The number of imide groups is 1. The number of nitrogens with zero attached hydrogens (tertiary/aromatic N) is 4. The molecule has 2 N–H and O–H groups in total. The molecule has 3 amide bonds. The van der Waals surface area contributed by atoms with Crippen LogP contribution >= 0.6 is 11.8 Å². The van der Waals surface area contributed by atoms with Gasteiger partial charge in [-0.3, -0.25) is 14.7 Å². The van der Waals surface area contributed by atoms with Gasteiger partial charge in [-0.25, -0.2) is 4.79 Å². The van der Waals surface area contributed by atoms with Crippen molar-refractivity contribution < 1.29 is 14.3 Å². The fraction of sp³-hybridized carbons (Fsp3) is 0.238. The standard InChI is InChI=1S/C21H22N6O3S/c28-18(23-19(29)22-16-7-3-1-4-8-16)15-31-21-25-24-20(26-11-13-30-14-12-26)27(21)17-9-5-2-6-10-17/h1-10H,11-15H2,(H2,22,23,28,29). The number of rotatable bonds is 6. The predicted molar refractivity (Wildman–Crippen MR) is 119 cm³/mol. The largest absolute Gasteiger partial charge is 0.378 e. The molecule has 1 aromatic heterocycles. The molecule has 0 bridgehead atoms. The van der Waals surface area contributed by atoms with Crippen LogP contribution in [0.4, 0.5) is 16.4 Å². The Morgan fingerprint density at radius 3 is 2.35 bits per heavy atom. The fourth-order valence-corrected chi connectivity index (χ4v) is 3.85. The Bertz CT molecular complexity index is 1020. The summed E-state index contributed by atoms with van der Waals surface area (Å²) in [6.07, 6.45) is 0. The molecular weight excluding hydrogens is 416 g/mol. The van der Waals surface area contributed by atoms with Crippen LogP contribution in [-0.4, -0.2) is 58.8 Å². The molecule has 0 saturated carbocycles. The van der Waals surface area contributed by atoms with E-state index >= 15 is 0 Å². The number of thioether (sulfide) groups is 1. The Hall–Kier alpha value is -3.37. The van der Waals surface area contributed by atoms with Gasteiger partial charge in [-0.15, -0.1) is 10.2 Å². The van der Waals surface area contributed by atoms with E-state index < -0.39 is 11.9 Å². The van der Waals surface area contributed by atoms with E-state index in [4.69, 9.17) is 4.74 Å². The van der Waals surface area contributed by atoms with Crippen molar-refractivity contribution >= 4 is 35.3 Å². The summed E-state index contributed by atoms with van der Waals surface area (Å²) >= 11 is 1.22. The summed E-state index contributed by atoms with van der Waals surface area (Å²) in [5.74, 6) is 0.309. The highest BCUT2D eigenvalue weighted by Crippen LogP contribution is 2.27. The van der Waals surface area contributed by atoms with Crippen LogP contribution in [-0.2, 0) is 9.53 Å². The van der Waals surface area contributed by atoms with E-state index in [9.17, 15) is 9.59 Å². The minimum atomic E-state index is -0.574. The molecule has 2 aromatic carbocycles. The lowest BCUT2D eigenvalue weighted by atomic mass is 10.3. The number of hydrogen-bond acceptors (Lipinski definition) is 7. The van der Waals surface area contributed by atoms with E-state index in [0.29, 0.717) is 30.0 Å². The van der Waals surface area contributed by atoms with E-state index in [0.717, 1.165) is 18.8 Å². The van der Waals surface area contributed by atoms with Gasteiger partial charge in [0.15, 0.2) is 5.16 Å². The smallest absolute Gasteiger partial charge is 0.325 e. The second-order valence-corrected chi connectivity index (χ2v) is 7.65. The number of aromatic nitrogens is 3.